The van der Waals surface area contributed by atoms with Gasteiger partial charge in [0.15, 0.2) is 17.5 Å². The number of hydrogen-bond acceptors (Lipinski definition) is 5. The predicted octanol–water partition coefficient (Wildman–Crippen LogP) is 11.4. The number of thiophene rings is 1. The summed E-state index contributed by atoms with van der Waals surface area (Å²) < 4.78 is 8.67. The largest absolute Gasteiger partial charge is 0.456 e. The van der Waals surface area contributed by atoms with Crippen LogP contribution in [0.15, 0.2) is 144 Å². The molecule has 0 aliphatic rings. The fourth-order valence-electron chi connectivity index (χ4n) is 6.71. The molecule has 0 N–H and O–H groups in total. The van der Waals surface area contributed by atoms with E-state index in [4.69, 9.17) is 19.4 Å². The van der Waals surface area contributed by atoms with Crippen LogP contribution in [0, 0.1) is 0 Å². The highest BCUT2D eigenvalue weighted by molar-refractivity contribution is 7.25. The van der Waals surface area contributed by atoms with Crippen molar-refractivity contribution in [2.45, 2.75) is 0 Å². The summed E-state index contributed by atoms with van der Waals surface area (Å²) in [5, 5.41) is 9.26. The summed E-state index contributed by atoms with van der Waals surface area (Å²) in [6, 6.07) is 48.6. The van der Waals surface area contributed by atoms with Gasteiger partial charge in [0, 0.05) is 47.6 Å². The number of para-hydroxylation sites is 1. The number of aromatic nitrogens is 3. The van der Waals surface area contributed by atoms with Gasteiger partial charge < -0.3 is 4.42 Å². The molecule has 0 saturated carbocycles. The van der Waals surface area contributed by atoms with Crippen molar-refractivity contribution in [3.05, 3.63) is 140 Å². The van der Waals surface area contributed by atoms with Gasteiger partial charge in [-0.2, -0.15) is 0 Å². The van der Waals surface area contributed by atoms with Gasteiger partial charge in [-0.1, -0.05) is 103 Å². The molecule has 0 aliphatic carbocycles. The van der Waals surface area contributed by atoms with E-state index in [9.17, 15) is 0 Å². The van der Waals surface area contributed by atoms with Crippen LogP contribution >= 0.6 is 11.3 Å². The topological polar surface area (TPSA) is 51.8 Å². The molecule has 46 heavy (non-hydrogen) atoms. The van der Waals surface area contributed by atoms with Crippen LogP contribution in [0.4, 0.5) is 0 Å². The van der Waals surface area contributed by atoms with Gasteiger partial charge in [-0.05, 0) is 57.9 Å². The maximum absolute atomic E-state index is 6.20. The lowest BCUT2D eigenvalue weighted by Crippen LogP contribution is -2.00. The number of fused-ring (bicyclic) bond motifs is 9. The van der Waals surface area contributed by atoms with Crippen molar-refractivity contribution in [2.24, 2.45) is 0 Å². The van der Waals surface area contributed by atoms with Crippen LogP contribution in [-0.4, -0.2) is 15.0 Å². The molecule has 0 saturated heterocycles. The van der Waals surface area contributed by atoms with Crippen LogP contribution in [0.3, 0.4) is 0 Å². The average molecular weight is 606 g/mol. The third-order valence-corrected chi connectivity index (χ3v) is 10.0. The van der Waals surface area contributed by atoms with Gasteiger partial charge in [0.05, 0.1) is 0 Å². The van der Waals surface area contributed by atoms with Crippen LogP contribution < -0.4 is 0 Å². The minimum Gasteiger partial charge on any atom is -0.456 e. The zero-order valence-electron chi connectivity index (χ0n) is 24.4. The highest BCUT2D eigenvalue weighted by atomic mass is 32.1. The van der Waals surface area contributed by atoms with Gasteiger partial charge in [-0.25, -0.2) is 15.0 Å². The Morgan fingerprint density at radius 2 is 1.11 bits per heavy atom. The van der Waals surface area contributed by atoms with Crippen molar-refractivity contribution in [3.63, 3.8) is 0 Å². The van der Waals surface area contributed by atoms with E-state index in [1.165, 1.54) is 25.6 Å². The predicted molar refractivity (Wildman–Crippen MR) is 191 cm³/mol. The van der Waals surface area contributed by atoms with E-state index in [1.807, 2.05) is 30.3 Å². The molecule has 4 nitrogen and oxygen atoms in total. The third kappa shape index (κ3) is 3.89. The van der Waals surface area contributed by atoms with Gasteiger partial charge >= 0.3 is 0 Å². The zero-order chi connectivity index (χ0) is 30.2. The second kappa shape index (κ2) is 9.80. The first-order valence-corrected chi connectivity index (χ1v) is 16.1. The van der Waals surface area contributed by atoms with Crippen molar-refractivity contribution in [2.75, 3.05) is 0 Å². The molecule has 0 atom stereocenters. The maximum atomic E-state index is 6.20. The first-order chi connectivity index (χ1) is 22.8. The van der Waals surface area contributed by atoms with E-state index in [-0.39, 0.29) is 0 Å². The molecule has 0 amide bonds. The lowest BCUT2D eigenvalue weighted by Gasteiger charge is -2.11. The van der Waals surface area contributed by atoms with Crippen LogP contribution in [0.25, 0.3) is 97.8 Å². The van der Waals surface area contributed by atoms with Crippen molar-refractivity contribution in [1.82, 2.24) is 15.0 Å². The molecule has 0 fully saturated rings. The summed E-state index contributed by atoms with van der Waals surface area (Å²) >= 11 is 1.80. The molecular formula is C41H23N3OS. The Kier molecular flexibility index (Phi) is 5.41. The fraction of sp³-hybridized carbons (Fsp3) is 0. The van der Waals surface area contributed by atoms with E-state index >= 15 is 0 Å². The lowest BCUT2D eigenvalue weighted by atomic mass is 9.98. The van der Waals surface area contributed by atoms with Crippen LogP contribution in [0.2, 0.25) is 0 Å². The Balaban J connectivity index is 1.23. The second-order valence-corrected chi connectivity index (χ2v) is 12.7. The average Bonchev–Trinajstić information content (AvgIpc) is 3.68. The Labute approximate surface area is 267 Å². The number of benzene rings is 7. The molecule has 214 valence electrons. The van der Waals surface area contributed by atoms with Crippen molar-refractivity contribution in [3.8, 4) is 34.2 Å². The molecule has 0 aliphatic heterocycles. The van der Waals surface area contributed by atoms with Gasteiger partial charge in [0.25, 0.3) is 0 Å². The van der Waals surface area contributed by atoms with E-state index in [0.717, 1.165) is 54.8 Å². The Morgan fingerprint density at radius 3 is 2.02 bits per heavy atom. The Hall–Kier alpha value is -5.91. The molecular weight excluding hydrogens is 583 g/mol. The Morgan fingerprint density at radius 1 is 0.413 bits per heavy atom. The molecule has 0 unspecified atom stereocenters. The molecule has 0 bridgehead atoms. The maximum Gasteiger partial charge on any atom is 0.164 e. The molecule has 5 heteroatoms. The monoisotopic (exact) mass is 605 g/mol. The van der Waals surface area contributed by atoms with Gasteiger partial charge in [-0.3, -0.25) is 0 Å². The summed E-state index contributed by atoms with van der Waals surface area (Å²) in [6.45, 7) is 0. The van der Waals surface area contributed by atoms with E-state index in [2.05, 4.69) is 109 Å². The number of nitrogens with zero attached hydrogens (tertiary/aromatic N) is 3. The number of rotatable bonds is 3. The minimum absolute atomic E-state index is 0.647. The number of furan rings is 1. The van der Waals surface area contributed by atoms with E-state index in [0.29, 0.717) is 17.5 Å². The normalized spacial score (nSPS) is 11.9. The molecule has 10 rings (SSSR count). The van der Waals surface area contributed by atoms with Crippen molar-refractivity contribution < 1.29 is 4.42 Å². The van der Waals surface area contributed by atoms with Crippen LogP contribution in [0.5, 0.6) is 0 Å². The number of hydrogen-bond donors (Lipinski definition) is 0. The van der Waals surface area contributed by atoms with E-state index < -0.39 is 0 Å². The van der Waals surface area contributed by atoms with Crippen LogP contribution in [-0.2, 0) is 0 Å². The highest BCUT2D eigenvalue weighted by Crippen LogP contribution is 2.40. The molecule has 3 aromatic heterocycles. The SMILES string of the molecule is c1ccc(-c2nc(-c3ccc4ccc5cc6oc7ccccc7c6cc5c4c3)nc(-c3cccc4sc5ccccc5c34)n2)cc1. The van der Waals surface area contributed by atoms with Crippen molar-refractivity contribution in [1.29, 1.82) is 0 Å². The van der Waals surface area contributed by atoms with E-state index in [1.54, 1.807) is 11.3 Å². The summed E-state index contributed by atoms with van der Waals surface area (Å²) in [5.74, 6) is 1.97. The summed E-state index contributed by atoms with van der Waals surface area (Å²) in [5.41, 5.74) is 4.71. The lowest BCUT2D eigenvalue weighted by molar-refractivity contribution is 0.669. The quantitative estimate of drug-likeness (QED) is 0.188. The molecule has 7 aromatic carbocycles. The second-order valence-electron chi connectivity index (χ2n) is 11.6. The first kappa shape index (κ1) is 25.4. The standard InChI is InChI=1S/C41H23N3OS/c1-2-9-25(10-3-1)39-42-40(44-41(43-39)30-13-8-16-37-38(30)29-12-5-7-15-36(29)46-37)27-20-18-24-17-19-26-22-35-33(23-32(26)31(24)21-27)28-11-4-6-14-34(28)45-35/h1-23H. The van der Waals surface area contributed by atoms with Gasteiger partial charge in [0.2, 0.25) is 0 Å². The summed E-state index contributed by atoms with van der Waals surface area (Å²) in [6.07, 6.45) is 0. The van der Waals surface area contributed by atoms with Crippen LogP contribution in [0.1, 0.15) is 0 Å². The molecule has 0 radical (unpaired) electrons. The Bertz CT molecular complexity index is 2820. The molecule has 0 spiro atoms. The van der Waals surface area contributed by atoms with Gasteiger partial charge in [-0.15, -0.1) is 11.3 Å². The molecule has 3 heterocycles. The third-order valence-electron chi connectivity index (χ3n) is 8.90. The summed E-state index contributed by atoms with van der Waals surface area (Å²) in [4.78, 5) is 15.3. The first-order valence-electron chi connectivity index (χ1n) is 15.3. The molecule has 10 aromatic rings. The van der Waals surface area contributed by atoms with Gasteiger partial charge in [0.1, 0.15) is 11.2 Å². The minimum atomic E-state index is 0.647. The zero-order valence-corrected chi connectivity index (χ0v) is 25.3. The highest BCUT2D eigenvalue weighted by Gasteiger charge is 2.17. The summed E-state index contributed by atoms with van der Waals surface area (Å²) in [7, 11) is 0. The fourth-order valence-corrected chi connectivity index (χ4v) is 7.85. The smallest absolute Gasteiger partial charge is 0.164 e. The van der Waals surface area contributed by atoms with Crippen molar-refractivity contribution >= 4 is 75.0 Å².